The molecule has 0 aliphatic carbocycles. The van der Waals surface area contributed by atoms with Gasteiger partial charge in [0.15, 0.2) is 0 Å². The summed E-state index contributed by atoms with van der Waals surface area (Å²) < 4.78 is 148. The highest BCUT2D eigenvalue weighted by molar-refractivity contribution is 8.33. The minimum Gasteiger partial charge on any atom is -0.215 e. The maximum absolute atomic E-state index is 14.1. The molecule has 0 spiro atoms. The maximum atomic E-state index is 14.1. The van der Waals surface area contributed by atoms with E-state index in [0.29, 0.717) is 12.8 Å². The molecule has 0 aliphatic heterocycles. The van der Waals surface area contributed by atoms with Crippen molar-refractivity contribution < 1.29 is 51.6 Å². The predicted octanol–water partition coefficient (Wildman–Crippen LogP) is 7.66. The van der Waals surface area contributed by atoms with Gasteiger partial charge in [0.1, 0.15) is 0 Å². The first-order valence-corrected chi connectivity index (χ1v) is 13.8. The third-order valence-corrected chi connectivity index (χ3v) is 10.8. The lowest BCUT2D eigenvalue weighted by Gasteiger charge is -2.40. The second-order valence-corrected chi connectivity index (χ2v) is 12.7. The van der Waals surface area contributed by atoms with E-state index in [1.807, 2.05) is 6.92 Å². The van der Waals surface area contributed by atoms with Gasteiger partial charge >= 0.3 is 33.4 Å². The molecule has 14 heteroatoms. The third kappa shape index (κ3) is 7.07. The Morgan fingerprint density at radius 1 is 0.594 bits per heavy atom. The number of unbranched alkanes of at least 4 members (excludes halogenated alkanes) is 5. The molecule has 0 amide bonds. The topological polar surface area (TPSA) is 43.4 Å². The Morgan fingerprint density at radius 2 is 1.03 bits per heavy atom. The molecule has 0 rings (SSSR count). The van der Waals surface area contributed by atoms with E-state index < -0.39 is 43.7 Å². The zero-order chi connectivity index (χ0) is 25.5. The summed E-state index contributed by atoms with van der Waals surface area (Å²) in [4.78, 5) is 0. The minimum atomic E-state index is -7.30. The fourth-order valence-electron chi connectivity index (χ4n) is 3.05. The average Bonchev–Trinajstić information content (AvgIpc) is 2.63. The van der Waals surface area contributed by atoms with E-state index in [1.54, 1.807) is 13.8 Å². The second kappa shape index (κ2) is 11.9. The monoisotopic (exact) mass is 530 g/mol. The van der Waals surface area contributed by atoms with Crippen molar-refractivity contribution in [3.8, 4) is 0 Å². The summed E-state index contributed by atoms with van der Waals surface area (Å²) in [5, 5.41) is -6.81. The van der Waals surface area contributed by atoms with Crippen LogP contribution in [0.5, 0.6) is 0 Å². The van der Waals surface area contributed by atoms with Crippen LogP contribution in [0.3, 0.4) is 0 Å². The van der Waals surface area contributed by atoms with Gasteiger partial charge in [0.05, 0.1) is 0 Å². The highest BCUT2D eigenvalue weighted by Gasteiger charge is 2.86. The van der Waals surface area contributed by atoms with Crippen LogP contribution in [0.4, 0.5) is 39.5 Å². The predicted molar refractivity (Wildman–Crippen MR) is 107 cm³/mol. The molecule has 0 saturated carbocycles. The average molecular weight is 531 g/mol. The second-order valence-electron chi connectivity index (χ2n) is 7.53. The molecule has 196 valence electrons. The van der Waals surface area contributed by atoms with Crippen molar-refractivity contribution in [3.63, 3.8) is 0 Å². The van der Waals surface area contributed by atoms with Gasteiger partial charge in [0, 0.05) is 17.3 Å². The van der Waals surface area contributed by atoms with Crippen molar-refractivity contribution in [1.82, 2.24) is 0 Å². The summed E-state index contributed by atoms with van der Waals surface area (Å²) in [6.07, 6.45) is -2.28. The van der Waals surface area contributed by atoms with E-state index in [4.69, 9.17) is 0 Å². The number of hydrogen-bond acceptors (Lipinski definition) is 3. The Bertz CT molecular complexity index is 659. The fourth-order valence-corrected chi connectivity index (χ4v) is 9.00. The summed E-state index contributed by atoms with van der Waals surface area (Å²) >= 11 is 0. The van der Waals surface area contributed by atoms with Crippen molar-refractivity contribution in [2.24, 2.45) is 0 Å². The van der Waals surface area contributed by atoms with Crippen LogP contribution in [0.1, 0.15) is 72.1 Å². The van der Waals surface area contributed by atoms with Gasteiger partial charge < -0.3 is 0 Å². The minimum absolute atomic E-state index is 0.0721. The number of hydrogen-bond donors (Lipinski definition) is 0. The van der Waals surface area contributed by atoms with E-state index in [1.165, 1.54) is 0 Å². The zero-order valence-electron chi connectivity index (χ0n) is 18.2. The molecule has 0 fully saturated rings. The van der Waals surface area contributed by atoms with Crippen LogP contribution >= 0.6 is 10.3 Å². The molecule has 32 heavy (non-hydrogen) atoms. The van der Waals surface area contributed by atoms with Gasteiger partial charge in [0.25, 0.3) is 0 Å². The lowest BCUT2D eigenvalue weighted by Crippen LogP contribution is -2.63. The van der Waals surface area contributed by atoms with Crippen LogP contribution in [0.2, 0.25) is 0 Å². The summed E-state index contributed by atoms with van der Waals surface area (Å²) in [7, 11) is -9.84. The van der Waals surface area contributed by atoms with Gasteiger partial charge in [-0.25, -0.2) is 3.63 Å². The van der Waals surface area contributed by atoms with Crippen molar-refractivity contribution in [2.75, 3.05) is 17.3 Å². The van der Waals surface area contributed by atoms with E-state index in [2.05, 4.69) is 3.63 Å². The van der Waals surface area contributed by atoms with Crippen molar-refractivity contribution >= 4 is 20.4 Å². The zero-order valence-corrected chi connectivity index (χ0v) is 19.9. The molecule has 0 saturated heterocycles. The standard InChI is InChI=1S/C18H31F9O3S2/c1-4-7-8-9-10-11-14-31(12-5-2,13-6-3)30-32(28,29)18(26,27)16(21,22)15(19,20)17(23,24)25/h4-14H2,1-3H3. The van der Waals surface area contributed by atoms with Crippen LogP contribution in [0.15, 0.2) is 0 Å². The lowest BCUT2D eigenvalue weighted by atomic mass is 10.1. The van der Waals surface area contributed by atoms with Crippen LogP contribution in [0, 0.1) is 0 Å². The number of halogens is 9. The molecule has 0 aliphatic rings. The largest absolute Gasteiger partial charge is 0.460 e. The van der Waals surface area contributed by atoms with Gasteiger partial charge in [-0.15, -0.1) is 10.3 Å². The van der Waals surface area contributed by atoms with Crippen LogP contribution in [-0.2, 0) is 13.7 Å². The Kier molecular flexibility index (Phi) is 11.7. The number of rotatable bonds is 16. The normalized spacial score (nSPS) is 15.2. The molecule has 0 heterocycles. The first-order valence-electron chi connectivity index (χ1n) is 10.3. The van der Waals surface area contributed by atoms with Crippen LogP contribution in [0.25, 0.3) is 0 Å². The Hall–Kier alpha value is -0.370. The van der Waals surface area contributed by atoms with E-state index in [0.717, 1.165) is 25.7 Å². The van der Waals surface area contributed by atoms with Crippen molar-refractivity contribution in [2.45, 2.75) is 95.4 Å². The highest BCUT2D eigenvalue weighted by atomic mass is 32.3. The molecule has 0 unspecified atom stereocenters. The van der Waals surface area contributed by atoms with Crippen LogP contribution in [-0.4, -0.2) is 49.0 Å². The summed E-state index contributed by atoms with van der Waals surface area (Å²) in [6, 6.07) is 0. The van der Waals surface area contributed by atoms with E-state index in [9.17, 15) is 47.9 Å². The molecule has 0 atom stereocenters. The van der Waals surface area contributed by atoms with Crippen molar-refractivity contribution in [1.29, 1.82) is 0 Å². The third-order valence-electron chi connectivity index (χ3n) is 4.69. The molecule has 0 aromatic carbocycles. The van der Waals surface area contributed by atoms with Gasteiger partial charge in [0.2, 0.25) is 0 Å². The van der Waals surface area contributed by atoms with Gasteiger partial charge in [-0.05, 0) is 19.3 Å². The molecule has 0 aromatic rings. The maximum Gasteiger partial charge on any atom is 0.460 e. The first kappa shape index (κ1) is 31.6. The molecule has 0 aromatic heterocycles. The van der Waals surface area contributed by atoms with Gasteiger partial charge in [-0.2, -0.15) is 47.9 Å². The highest BCUT2D eigenvalue weighted by Crippen LogP contribution is 2.59. The SMILES string of the molecule is CCCCCCCCS(CCC)(CCC)OS(=O)(=O)C(F)(F)C(F)(F)C(F)(F)C(F)(F)F. The molecule has 0 N–H and O–H groups in total. The Morgan fingerprint density at radius 3 is 1.44 bits per heavy atom. The fraction of sp³-hybridized carbons (Fsp3) is 1.00. The van der Waals surface area contributed by atoms with E-state index in [-0.39, 0.29) is 30.1 Å². The smallest absolute Gasteiger partial charge is 0.215 e. The number of alkyl halides is 9. The molecule has 0 bridgehead atoms. The Balaban J connectivity index is 5.94. The summed E-state index contributed by atoms with van der Waals surface area (Å²) in [5.41, 5.74) is 0. The van der Waals surface area contributed by atoms with Gasteiger partial charge in [-0.3, -0.25) is 0 Å². The molecule has 0 radical (unpaired) electrons. The van der Waals surface area contributed by atoms with Crippen molar-refractivity contribution in [3.05, 3.63) is 0 Å². The van der Waals surface area contributed by atoms with E-state index >= 15 is 0 Å². The molecular formula is C18H31F9O3S2. The lowest BCUT2D eigenvalue weighted by molar-refractivity contribution is -0.382. The molecule has 3 nitrogen and oxygen atoms in total. The quantitative estimate of drug-likeness (QED) is 0.152. The summed E-state index contributed by atoms with van der Waals surface area (Å²) in [5.74, 6) is -14.9. The van der Waals surface area contributed by atoms with Gasteiger partial charge in [-0.1, -0.05) is 52.9 Å². The molecular weight excluding hydrogens is 499 g/mol. The summed E-state index contributed by atoms with van der Waals surface area (Å²) in [6.45, 7) is 5.09. The first-order chi connectivity index (χ1) is 14.4. The Labute approximate surface area is 185 Å². The van der Waals surface area contributed by atoms with Crippen LogP contribution < -0.4 is 0 Å².